The number of fused-ring (bicyclic) bond motifs is 4. The van der Waals surface area contributed by atoms with E-state index in [0.29, 0.717) is 57.1 Å². The van der Waals surface area contributed by atoms with Crippen molar-refractivity contribution in [1.82, 2.24) is 9.88 Å². The van der Waals surface area contributed by atoms with Gasteiger partial charge in [-0.2, -0.15) is 5.26 Å². The summed E-state index contributed by atoms with van der Waals surface area (Å²) in [6.07, 6.45) is 4.82. The van der Waals surface area contributed by atoms with Crippen LogP contribution in [0.5, 0.6) is 5.88 Å². The lowest BCUT2D eigenvalue weighted by atomic mass is 9.69. The summed E-state index contributed by atoms with van der Waals surface area (Å²) in [6, 6.07) is 30.0. The highest BCUT2D eigenvalue weighted by Gasteiger charge is 2.50. The van der Waals surface area contributed by atoms with Crippen molar-refractivity contribution in [3.8, 4) is 11.9 Å². The van der Waals surface area contributed by atoms with Gasteiger partial charge in [0.15, 0.2) is 0 Å². The number of nitrogens with zero attached hydrogens (tertiary/aromatic N) is 5. The minimum atomic E-state index is -0.825. The molecule has 0 amide bonds. The Balaban J connectivity index is 1.11. The summed E-state index contributed by atoms with van der Waals surface area (Å²) >= 11 is 0. The molecule has 280 valence electrons. The van der Waals surface area contributed by atoms with Crippen LogP contribution in [-0.4, -0.2) is 65.6 Å². The number of pyridine rings is 1. The highest BCUT2D eigenvalue weighted by molar-refractivity contribution is 5.68. The molecular formula is C45H50FN5O3. The largest absolute Gasteiger partial charge is 0.476 e. The van der Waals surface area contributed by atoms with Crippen LogP contribution in [0.3, 0.4) is 0 Å². The third kappa shape index (κ3) is 6.22. The summed E-state index contributed by atoms with van der Waals surface area (Å²) in [5.74, 6) is 0.820. The number of aliphatic hydroxyl groups excluding tert-OH is 1. The third-order valence-electron chi connectivity index (χ3n) is 13.1. The summed E-state index contributed by atoms with van der Waals surface area (Å²) in [5, 5.41) is 21.4. The summed E-state index contributed by atoms with van der Waals surface area (Å²) < 4.78 is 28.4. The summed E-state index contributed by atoms with van der Waals surface area (Å²) in [7, 11) is 0. The Morgan fingerprint density at radius 1 is 1.02 bits per heavy atom. The van der Waals surface area contributed by atoms with Gasteiger partial charge in [-0.05, 0) is 67.3 Å². The first-order valence-corrected chi connectivity index (χ1v) is 19.8. The van der Waals surface area contributed by atoms with Crippen molar-refractivity contribution in [1.29, 1.82) is 5.26 Å². The molecule has 0 saturated carbocycles. The second kappa shape index (κ2) is 14.3. The van der Waals surface area contributed by atoms with E-state index in [1.807, 2.05) is 18.2 Å². The highest BCUT2D eigenvalue weighted by atomic mass is 19.1. The predicted octanol–water partition coefficient (Wildman–Crippen LogP) is 7.55. The van der Waals surface area contributed by atoms with E-state index >= 15 is 0 Å². The maximum atomic E-state index is 14.7. The molecule has 3 saturated heterocycles. The SMILES string of the molecule is C[C@H]1CC[C@]2(Cc3nc(OC[C@@]45CCCN4C[C@H](F)C5)cc(N4CC[C@@H]4CO)c3CO2)c2c1ccc(N(Cc1ccccc1)Cc1ccccc1)c2C#N. The Kier molecular flexibility index (Phi) is 9.33. The Bertz CT molecular complexity index is 2000. The van der Waals surface area contributed by atoms with Gasteiger partial charge in [0.05, 0.1) is 41.7 Å². The number of rotatable bonds is 10. The van der Waals surface area contributed by atoms with E-state index in [9.17, 15) is 14.8 Å². The Morgan fingerprint density at radius 2 is 1.78 bits per heavy atom. The van der Waals surface area contributed by atoms with E-state index in [4.69, 9.17) is 14.5 Å². The van der Waals surface area contributed by atoms with Crippen LogP contribution in [0.2, 0.25) is 0 Å². The van der Waals surface area contributed by atoms with Gasteiger partial charge in [-0.1, -0.05) is 73.7 Å². The van der Waals surface area contributed by atoms with Gasteiger partial charge in [0.2, 0.25) is 5.88 Å². The van der Waals surface area contributed by atoms with E-state index in [2.05, 4.69) is 88.4 Å². The van der Waals surface area contributed by atoms with E-state index in [0.717, 1.165) is 73.4 Å². The van der Waals surface area contributed by atoms with Gasteiger partial charge in [-0.25, -0.2) is 9.37 Å². The van der Waals surface area contributed by atoms with Crippen LogP contribution in [-0.2, 0) is 36.5 Å². The fourth-order valence-corrected chi connectivity index (χ4v) is 10.1. The topological polar surface area (TPSA) is 85.1 Å². The van der Waals surface area contributed by atoms with Crippen LogP contribution in [0, 0.1) is 11.3 Å². The lowest BCUT2D eigenvalue weighted by Gasteiger charge is -2.47. The number of alkyl halides is 1. The molecule has 1 N–H and O–H groups in total. The molecule has 5 aliphatic rings. The second-order valence-electron chi connectivity index (χ2n) is 16.3. The Labute approximate surface area is 318 Å². The zero-order valence-corrected chi connectivity index (χ0v) is 31.2. The number of hydrogen-bond donors (Lipinski definition) is 1. The van der Waals surface area contributed by atoms with Crippen molar-refractivity contribution in [2.45, 2.75) is 101 Å². The van der Waals surface area contributed by atoms with Crippen LogP contribution in [0.4, 0.5) is 15.8 Å². The summed E-state index contributed by atoms with van der Waals surface area (Å²) in [4.78, 5) is 12.1. The first-order chi connectivity index (χ1) is 26.4. The number of anilines is 2. The molecule has 1 aliphatic carbocycles. The van der Waals surface area contributed by atoms with E-state index in [1.54, 1.807) is 0 Å². The van der Waals surface area contributed by atoms with Crippen LogP contribution >= 0.6 is 0 Å². The average molecular weight is 728 g/mol. The minimum absolute atomic E-state index is 0.0375. The van der Waals surface area contributed by atoms with E-state index in [1.165, 1.54) is 16.7 Å². The van der Waals surface area contributed by atoms with E-state index < -0.39 is 11.8 Å². The smallest absolute Gasteiger partial charge is 0.215 e. The quantitative estimate of drug-likeness (QED) is 0.179. The van der Waals surface area contributed by atoms with Crippen molar-refractivity contribution in [3.05, 3.63) is 118 Å². The molecule has 4 aromatic rings. The lowest BCUT2D eigenvalue weighted by Crippen LogP contribution is -2.51. The Hall–Kier alpha value is -4.49. The van der Waals surface area contributed by atoms with E-state index in [-0.39, 0.29) is 24.1 Å². The standard InChI is InChI=1S/C45H50FN5O3/c1-31-15-18-45(43-36(31)13-14-40(37(43)24-47)49(25-32-9-4-2-5-10-32)26-33-11-6-3-7-12-33)23-39-38(29-54-45)41(51-20-16-35(51)28-52)21-42(48-39)53-30-44-17-8-19-50(44)27-34(46)22-44/h2-7,9-14,21,31,34-35,52H,8,15-20,22-23,25-30H2,1H3/t31-,34+,35+,44-,45-/m0/s1. The molecule has 3 fully saturated rings. The molecule has 8 nitrogen and oxygen atoms in total. The third-order valence-corrected chi connectivity index (χ3v) is 13.1. The number of ether oxygens (including phenoxy) is 2. The van der Waals surface area contributed by atoms with Crippen LogP contribution in [0.15, 0.2) is 78.9 Å². The lowest BCUT2D eigenvalue weighted by molar-refractivity contribution is -0.0872. The normalized spacial score (nSPS) is 27.1. The molecule has 0 unspecified atom stereocenters. The molecule has 4 aliphatic heterocycles. The van der Waals surface area contributed by atoms with Gasteiger partial charge in [0.25, 0.3) is 0 Å². The number of aliphatic hydroxyl groups is 1. The number of hydrogen-bond acceptors (Lipinski definition) is 8. The zero-order chi connectivity index (χ0) is 36.9. The molecule has 5 atom stereocenters. The van der Waals surface area contributed by atoms with Crippen molar-refractivity contribution in [3.63, 3.8) is 0 Å². The highest BCUT2D eigenvalue weighted by Crippen LogP contribution is 2.52. The number of halogens is 1. The van der Waals surface area contributed by atoms with Gasteiger partial charge in [-0.15, -0.1) is 0 Å². The summed E-state index contributed by atoms with van der Waals surface area (Å²) in [5.41, 5.74) is 8.04. The monoisotopic (exact) mass is 727 g/mol. The molecule has 9 rings (SSSR count). The van der Waals surface area contributed by atoms with Gasteiger partial charge >= 0.3 is 0 Å². The molecule has 9 heteroatoms. The maximum Gasteiger partial charge on any atom is 0.215 e. The molecular weight excluding hydrogens is 678 g/mol. The predicted molar refractivity (Wildman–Crippen MR) is 207 cm³/mol. The van der Waals surface area contributed by atoms with Gasteiger partial charge in [-0.3, -0.25) is 4.90 Å². The molecule has 0 radical (unpaired) electrons. The van der Waals surface area contributed by atoms with Gasteiger partial charge in [0, 0.05) is 61.9 Å². The molecule has 5 heterocycles. The fraction of sp³-hybridized carbons (Fsp3) is 0.467. The Morgan fingerprint density at radius 3 is 2.46 bits per heavy atom. The zero-order valence-electron chi connectivity index (χ0n) is 31.2. The molecule has 3 aromatic carbocycles. The van der Waals surface area contributed by atoms with Gasteiger partial charge in [0.1, 0.15) is 24.4 Å². The van der Waals surface area contributed by atoms with Crippen LogP contribution in [0.1, 0.15) is 90.4 Å². The van der Waals surface area contributed by atoms with Crippen molar-refractivity contribution in [2.24, 2.45) is 0 Å². The van der Waals surface area contributed by atoms with Gasteiger partial charge < -0.3 is 24.4 Å². The van der Waals surface area contributed by atoms with Crippen LogP contribution < -0.4 is 14.5 Å². The minimum Gasteiger partial charge on any atom is -0.476 e. The van der Waals surface area contributed by atoms with Crippen molar-refractivity contribution in [2.75, 3.05) is 42.6 Å². The van der Waals surface area contributed by atoms with Crippen LogP contribution in [0.25, 0.3) is 0 Å². The number of aromatic nitrogens is 1. The molecule has 0 bridgehead atoms. The van der Waals surface area contributed by atoms with Crippen molar-refractivity contribution >= 4 is 11.4 Å². The molecule has 54 heavy (non-hydrogen) atoms. The maximum absolute atomic E-state index is 14.7. The summed E-state index contributed by atoms with van der Waals surface area (Å²) in [6.45, 7) is 6.65. The first-order valence-electron chi connectivity index (χ1n) is 19.8. The second-order valence-corrected chi connectivity index (χ2v) is 16.3. The molecule has 1 spiro atoms. The first kappa shape index (κ1) is 35.2. The number of benzene rings is 3. The average Bonchev–Trinajstić information content (AvgIpc) is 3.71. The number of nitriles is 1. The molecule has 1 aromatic heterocycles. The van der Waals surface area contributed by atoms with Crippen molar-refractivity contribution < 1.29 is 19.0 Å². The fourth-order valence-electron chi connectivity index (χ4n) is 10.1.